The summed E-state index contributed by atoms with van der Waals surface area (Å²) in [5, 5.41) is 14.4. The molecule has 0 unspecified atom stereocenters. The number of ether oxygens (including phenoxy) is 1. The molecule has 1 atom stereocenters. The van der Waals surface area contributed by atoms with Gasteiger partial charge < -0.3 is 14.7 Å². The minimum Gasteiger partial charge on any atom is -0.441 e. The fraction of sp³-hybridized carbons (Fsp3) is 0.263. The van der Waals surface area contributed by atoms with Crippen molar-refractivity contribution in [3.63, 3.8) is 0 Å². The number of anilines is 2. The normalized spacial score (nSPS) is 18.9. The zero-order valence-electron chi connectivity index (χ0n) is 15.3. The molecular weight excluding hydrogens is 381 g/mol. The Balaban J connectivity index is 1.52. The van der Waals surface area contributed by atoms with Gasteiger partial charge in [-0.25, -0.2) is 19.2 Å². The second-order valence-corrected chi connectivity index (χ2v) is 6.56. The molecule has 2 amide bonds. The summed E-state index contributed by atoms with van der Waals surface area (Å²) in [6.45, 7) is 0.896. The van der Waals surface area contributed by atoms with Crippen molar-refractivity contribution in [2.45, 2.75) is 6.10 Å². The van der Waals surface area contributed by atoms with Crippen molar-refractivity contribution < 1.29 is 23.8 Å². The van der Waals surface area contributed by atoms with Crippen LogP contribution in [-0.4, -0.2) is 66.3 Å². The fourth-order valence-corrected chi connectivity index (χ4v) is 3.16. The number of aliphatic hydroxyl groups is 1. The van der Waals surface area contributed by atoms with Crippen LogP contribution in [0.25, 0.3) is 11.1 Å². The summed E-state index contributed by atoms with van der Waals surface area (Å²) in [5.74, 6) is 0.133. The summed E-state index contributed by atoms with van der Waals surface area (Å²) in [6.07, 6.45) is 2.50. The molecule has 1 fully saturated rings. The number of cyclic esters (lactones) is 1. The zero-order valence-corrected chi connectivity index (χ0v) is 15.3. The van der Waals surface area contributed by atoms with E-state index in [2.05, 4.69) is 10.1 Å². The van der Waals surface area contributed by atoms with Gasteiger partial charge in [-0.1, -0.05) is 0 Å². The predicted molar refractivity (Wildman–Crippen MR) is 103 cm³/mol. The number of hydrogen-bond acceptors (Lipinski definition) is 7. The van der Waals surface area contributed by atoms with Crippen molar-refractivity contribution in [1.29, 1.82) is 0 Å². The third-order valence-electron chi connectivity index (χ3n) is 4.73. The van der Waals surface area contributed by atoms with E-state index in [0.717, 1.165) is 0 Å². The topological polar surface area (TPSA) is 98.6 Å². The van der Waals surface area contributed by atoms with E-state index in [1.165, 1.54) is 22.3 Å². The van der Waals surface area contributed by atoms with Crippen LogP contribution < -0.4 is 9.80 Å². The molecule has 0 bridgehead atoms. The van der Waals surface area contributed by atoms with Crippen molar-refractivity contribution in [2.75, 3.05) is 36.0 Å². The summed E-state index contributed by atoms with van der Waals surface area (Å²) in [5.41, 5.74) is 1.29. The summed E-state index contributed by atoms with van der Waals surface area (Å²) in [7, 11) is 0. The molecule has 0 aliphatic carbocycles. The van der Waals surface area contributed by atoms with Crippen LogP contribution in [0.4, 0.5) is 20.7 Å². The Bertz CT molecular complexity index is 952. The molecule has 2 aromatic rings. The minimum absolute atomic E-state index is 0.170. The zero-order chi connectivity index (χ0) is 20.4. The first-order chi connectivity index (χ1) is 14.1. The highest BCUT2D eigenvalue weighted by Gasteiger charge is 2.32. The number of carbonyl (C=O) groups excluding carboxylic acids is 2. The quantitative estimate of drug-likeness (QED) is 0.764. The lowest BCUT2D eigenvalue weighted by Crippen LogP contribution is -2.37. The highest BCUT2D eigenvalue weighted by molar-refractivity contribution is 5.90. The number of nitrogens with zero attached hydrogens (tertiary/aromatic N) is 5. The van der Waals surface area contributed by atoms with Crippen LogP contribution >= 0.6 is 0 Å². The predicted octanol–water partition coefficient (Wildman–Crippen LogP) is 1.43. The molecule has 9 nitrogen and oxygen atoms in total. The van der Waals surface area contributed by atoms with E-state index in [9.17, 15) is 14.0 Å². The molecule has 29 heavy (non-hydrogen) atoms. The SMILES string of the molecule is O=CN1CCN(c2ccc(-c3ccc(N4C[C@H](CO)OC4=O)cc3F)cn2)C=N1. The van der Waals surface area contributed by atoms with Crippen molar-refractivity contribution in [3.8, 4) is 11.1 Å². The first kappa shape index (κ1) is 18.8. The highest BCUT2D eigenvalue weighted by Crippen LogP contribution is 2.29. The molecule has 1 aromatic carbocycles. The Morgan fingerprint density at radius 2 is 2.14 bits per heavy atom. The van der Waals surface area contributed by atoms with Gasteiger partial charge in [-0.3, -0.25) is 9.69 Å². The summed E-state index contributed by atoms with van der Waals surface area (Å²) in [6, 6.07) is 7.95. The first-order valence-electron chi connectivity index (χ1n) is 8.96. The van der Waals surface area contributed by atoms with Gasteiger partial charge in [-0.15, -0.1) is 0 Å². The van der Waals surface area contributed by atoms with Gasteiger partial charge in [0, 0.05) is 23.9 Å². The number of rotatable bonds is 5. The number of hydrogen-bond donors (Lipinski definition) is 1. The van der Waals surface area contributed by atoms with E-state index >= 15 is 0 Å². The number of pyridine rings is 1. The van der Waals surface area contributed by atoms with E-state index in [1.807, 2.05) is 0 Å². The van der Waals surface area contributed by atoms with Gasteiger partial charge in [0.1, 0.15) is 24.1 Å². The molecule has 0 radical (unpaired) electrons. The van der Waals surface area contributed by atoms with Crippen molar-refractivity contribution >= 4 is 30.3 Å². The Morgan fingerprint density at radius 1 is 1.28 bits per heavy atom. The number of carbonyl (C=O) groups is 2. The van der Waals surface area contributed by atoms with Gasteiger partial charge in [-0.2, -0.15) is 5.10 Å². The molecule has 1 aromatic heterocycles. The molecular formula is C19H18FN5O4. The largest absolute Gasteiger partial charge is 0.441 e. The van der Waals surface area contributed by atoms with E-state index in [0.29, 0.717) is 42.1 Å². The van der Waals surface area contributed by atoms with Crippen LogP contribution in [0.3, 0.4) is 0 Å². The van der Waals surface area contributed by atoms with Crippen molar-refractivity contribution in [2.24, 2.45) is 5.10 Å². The van der Waals surface area contributed by atoms with Crippen LogP contribution in [0, 0.1) is 5.82 Å². The van der Waals surface area contributed by atoms with Crippen LogP contribution in [0.15, 0.2) is 41.6 Å². The third kappa shape index (κ3) is 3.74. The Labute approximate surface area is 165 Å². The monoisotopic (exact) mass is 399 g/mol. The Morgan fingerprint density at radius 3 is 2.72 bits per heavy atom. The Kier molecular flexibility index (Phi) is 5.09. The van der Waals surface area contributed by atoms with Crippen molar-refractivity contribution in [1.82, 2.24) is 9.99 Å². The van der Waals surface area contributed by atoms with Gasteiger partial charge in [0.15, 0.2) is 0 Å². The Hall–Kier alpha value is -3.53. The van der Waals surface area contributed by atoms with Crippen LogP contribution in [-0.2, 0) is 9.53 Å². The van der Waals surface area contributed by atoms with E-state index in [1.54, 1.807) is 35.4 Å². The van der Waals surface area contributed by atoms with Gasteiger partial charge in [0.25, 0.3) is 0 Å². The van der Waals surface area contributed by atoms with Gasteiger partial charge in [-0.05, 0) is 30.3 Å². The molecule has 2 aliphatic heterocycles. The standard InChI is InChI=1S/C19H18FN5O4/c20-17-7-14(25-9-15(10-26)29-19(25)28)2-3-16(17)13-1-4-18(21-8-13)23-5-6-24(12-27)22-11-23/h1-4,7-8,11-12,15,26H,5-6,9-10H2/t15-/m1/s1. The number of hydrazone groups is 1. The van der Waals surface area contributed by atoms with Crippen LogP contribution in [0.1, 0.15) is 0 Å². The maximum atomic E-state index is 14.7. The average molecular weight is 399 g/mol. The molecule has 3 heterocycles. The lowest BCUT2D eigenvalue weighted by molar-refractivity contribution is -0.118. The van der Waals surface area contributed by atoms with Gasteiger partial charge >= 0.3 is 6.09 Å². The number of amides is 2. The maximum absolute atomic E-state index is 14.7. The number of aliphatic hydroxyl groups excluding tert-OH is 1. The van der Waals surface area contributed by atoms with Crippen molar-refractivity contribution in [3.05, 3.63) is 42.3 Å². The molecule has 150 valence electrons. The lowest BCUT2D eigenvalue weighted by atomic mass is 10.1. The van der Waals surface area contributed by atoms with Crippen LogP contribution in [0.5, 0.6) is 0 Å². The average Bonchev–Trinajstić information content (AvgIpc) is 3.15. The third-order valence-corrected chi connectivity index (χ3v) is 4.73. The molecule has 0 spiro atoms. The lowest BCUT2D eigenvalue weighted by Gasteiger charge is -2.25. The van der Waals surface area contributed by atoms with Gasteiger partial charge in [0.2, 0.25) is 6.41 Å². The maximum Gasteiger partial charge on any atom is 0.414 e. The second-order valence-electron chi connectivity index (χ2n) is 6.56. The summed E-state index contributed by atoms with van der Waals surface area (Å²) in [4.78, 5) is 30.0. The summed E-state index contributed by atoms with van der Waals surface area (Å²) < 4.78 is 19.7. The van der Waals surface area contributed by atoms with Gasteiger partial charge in [0.05, 0.1) is 25.4 Å². The molecule has 0 saturated carbocycles. The number of benzene rings is 1. The molecule has 1 N–H and O–H groups in total. The molecule has 10 heteroatoms. The van der Waals surface area contributed by atoms with E-state index in [-0.39, 0.29) is 13.2 Å². The van der Waals surface area contributed by atoms with E-state index in [4.69, 9.17) is 9.84 Å². The minimum atomic E-state index is -0.612. The molecule has 1 saturated heterocycles. The second kappa shape index (κ2) is 7.84. The van der Waals surface area contributed by atoms with E-state index < -0.39 is 18.0 Å². The molecule has 4 rings (SSSR count). The number of halogens is 1. The smallest absolute Gasteiger partial charge is 0.414 e. The highest BCUT2D eigenvalue weighted by atomic mass is 19.1. The number of aromatic nitrogens is 1. The summed E-state index contributed by atoms with van der Waals surface area (Å²) >= 11 is 0. The molecule has 2 aliphatic rings. The first-order valence-corrected chi connectivity index (χ1v) is 8.96. The fourth-order valence-electron chi connectivity index (χ4n) is 3.16. The van der Waals surface area contributed by atoms with Crippen LogP contribution in [0.2, 0.25) is 0 Å².